The van der Waals surface area contributed by atoms with Crippen LogP contribution in [-0.2, 0) is 5.60 Å². The molecular formula is C26H26Cl2N4O2. The van der Waals surface area contributed by atoms with E-state index in [0.29, 0.717) is 41.1 Å². The fraction of sp³-hybridized carbons (Fsp3) is 0.308. The van der Waals surface area contributed by atoms with E-state index < -0.39 is 5.60 Å². The Morgan fingerprint density at radius 3 is 2.50 bits per heavy atom. The van der Waals surface area contributed by atoms with Crippen molar-refractivity contribution >= 4 is 28.9 Å². The van der Waals surface area contributed by atoms with Gasteiger partial charge in [-0.05, 0) is 48.9 Å². The van der Waals surface area contributed by atoms with E-state index in [2.05, 4.69) is 20.9 Å². The second-order valence-corrected chi connectivity index (χ2v) is 9.51. The van der Waals surface area contributed by atoms with E-state index in [-0.39, 0.29) is 6.04 Å². The largest absolute Gasteiger partial charge is 0.481 e. The molecule has 4 rings (SSSR count). The van der Waals surface area contributed by atoms with Gasteiger partial charge in [0.15, 0.2) is 0 Å². The lowest BCUT2D eigenvalue weighted by Crippen LogP contribution is -2.52. The number of pyridine rings is 1. The third-order valence-corrected chi connectivity index (χ3v) is 6.69. The molecule has 1 fully saturated rings. The molecule has 3 aromatic rings. The van der Waals surface area contributed by atoms with Gasteiger partial charge in [0.05, 0.1) is 24.4 Å². The minimum absolute atomic E-state index is 0.0379. The number of hydrogen-bond donors (Lipinski definition) is 1. The summed E-state index contributed by atoms with van der Waals surface area (Å²) < 4.78 is 5.13. The molecule has 1 saturated heterocycles. The van der Waals surface area contributed by atoms with Gasteiger partial charge in [0.2, 0.25) is 5.88 Å². The van der Waals surface area contributed by atoms with Crippen LogP contribution in [0.15, 0.2) is 60.8 Å². The van der Waals surface area contributed by atoms with Gasteiger partial charge < -0.3 is 14.7 Å². The number of benzene rings is 2. The fourth-order valence-corrected chi connectivity index (χ4v) is 4.73. The van der Waals surface area contributed by atoms with E-state index in [1.807, 2.05) is 42.5 Å². The van der Waals surface area contributed by atoms with Gasteiger partial charge in [-0.2, -0.15) is 5.26 Å². The summed E-state index contributed by atoms with van der Waals surface area (Å²) in [6.45, 7) is 4.30. The second-order valence-electron chi connectivity index (χ2n) is 8.63. The predicted molar refractivity (Wildman–Crippen MR) is 135 cm³/mol. The Morgan fingerprint density at radius 1 is 1.12 bits per heavy atom. The van der Waals surface area contributed by atoms with Crippen molar-refractivity contribution in [3.05, 3.63) is 87.5 Å². The molecule has 0 bridgehead atoms. The van der Waals surface area contributed by atoms with Crippen LogP contribution in [0.4, 0.5) is 5.69 Å². The number of anilines is 1. The minimum Gasteiger partial charge on any atom is -0.481 e. The van der Waals surface area contributed by atoms with E-state index >= 15 is 0 Å². The van der Waals surface area contributed by atoms with Crippen molar-refractivity contribution in [2.45, 2.75) is 18.6 Å². The summed E-state index contributed by atoms with van der Waals surface area (Å²) in [5.74, 6) is 0.507. The third-order valence-electron chi connectivity index (χ3n) is 6.21. The van der Waals surface area contributed by atoms with E-state index in [0.717, 1.165) is 23.4 Å². The quantitative estimate of drug-likeness (QED) is 0.515. The maximum absolute atomic E-state index is 11.3. The lowest BCUT2D eigenvalue weighted by molar-refractivity contribution is 0.00997. The van der Waals surface area contributed by atoms with Gasteiger partial charge in [-0.25, -0.2) is 4.98 Å². The molecule has 2 atom stereocenters. The van der Waals surface area contributed by atoms with Crippen molar-refractivity contribution in [1.82, 2.24) is 9.88 Å². The Labute approximate surface area is 209 Å². The van der Waals surface area contributed by atoms with Gasteiger partial charge in [-0.1, -0.05) is 35.3 Å². The summed E-state index contributed by atoms with van der Waals surface area (Å²) in [5.41, 5.74) is 2.10. The highest BCUT2D eigenvalue weighted by Gasteiger charge is 2.34. The number of nitrogens with zero attached hydrogens (tertiary/aromatic N) is 4. The summed E-state index contributed by atoms with van der Waals surface area (Å²) in [4.78, 5) is 8.71. The zero-order chi connectivity index (χ0) is 24.3. The number of ether oxygens (including phenoxy) is 1. The van der Waals surface area contributed by atoms with Crippen LogP contribution in [0.1, 0.15) is 29.7 Å². The molecule has 8 heteroatoms. The number of aliphatic hydroxyl groups is 1. The molecule has 6 nitrogen and oxygen atoms in total. The second kappa shape index (κ2) is 10.2. The smallest absolute Gasteiger partial charge is 0.212 e. The highest BCUT2D eigenvalue weighted by atomic mass is 35.5. The van der Waals surface area contributed by atoms with Crippen LogP contribution in [0.25, 0.3) is 0 Å². The molecule has 1 aliphatic heterocycles. The maximum Gasteiger partial charge on any atom is 0.212 e. The van der Waals surface area contributed by atoms with Crippen LogP contribution in [0.2, 0.25) is 10.0 Å². The zero-order valence-electron chi connectivity index (χ0n) is 19.1. The normalized spacial score (nSPS) is 18.2. The van der Waals surface area contributed by atoms with E-state index in [4.69, 9.17) is 27.9 Å². The van der Waals surface area contributed by atoms with Gasteiger partial charge in [0.1, 0.15) is 11.7 Å². The monoisotopic (exact) mass is 496 g/mol. The van der Waals surface area contributed by atoms with Crippen molar-refractivity contribution < 1.29 is 9.84 Å². The zero-order valence-corrected chi connectivity index (χ0v) is 20.6. The lowest BCUT2D eigenvalue weighted by atomic mass is 9.94. The molecule has 1 N–H and O–H groups in total. The highest BCUT2D eigenvalue weighted by Crippen LogP contribution is 2.35. The highest BCUT2D eigenvalue weighted by molar-refractivity contribution is 6.31. The molecule has 1 aliphatic rings. The summed E-state index contributed by atoms with van der Waals surface area (Å²) in [7, 11) is 1.56. The number of hydrogen-bond acceptors (Lipinski definition) is 6. The van der Waals surface area contributed by atoms with Crippen LogP contribution < -0.4 is 9.64 Å². The standard InChI is InChI=1S/C26H26Cl2N4O2/c1-26(33,20-5-10-25(34-2)30-15-20)17-31-11-12-32(23-9-8-22(28)13-19(23)14-29)24(16-31)18-3-6-21(27)7-4-18/h3-10,13,15,24,33H,11-12,16-17H2,1-2H3/t24-,26+/m0/s1. The predicted octanol–water partition coefficient (Wildman–Crippen LogP) is 5.04. The number of aromatic nitrogens is 1. The minimum atomic E-state index is -1.09. The topological polar surface area (TPSA) is 72.6 Å². The van der Waals surface area contributed by atoms with Gasteiger partial charge >= 0.3 is 0 Å². The van der Waals surface area contributed by atoms with Crippen LogP contribution in [0.3, 0.4) is 0 Å². The molecule has 34 heavy (non-hydrogen) atoms. The van der Waals surface area contributed by atoms with Crippen LogP contribution in [0, 0.1) is 11.3 Å². The molecule has 0 amide bonds. The van der Waals surface area contributed by atoms with Crippen LogP contribution in [0.5, 0.6) is 5.88 Å². The Kier molecular flexibility index (Phi) is 7.30. The number of rotatable bonds is 6. The summed E-state index contributed by atoms with van der Waals surface area (Å²) in [6, 6.07) is 19.0. The fourth-order valence-electron chi connectivity index (χ4n) is 4.44. The van der Waals surface area contributed by atoms with Crippen molar-refractivity contribution in [3.8, 4) is 11.9 Å². The third kappa shape index (κ3) is 5.29. The Morgan fingerprint density at radius 2 is 1.85 bits per heavy atom. The first-order chi connectivity index (χ1) is 16.3. The number of nitriles is 1. The van der Waals surface area contributed by atoms with Crippen LogP contribution >= 0.6 is 23.2 Å². The summed E-state index contributed by atoms with van der Waals surface area (Å²) in [6.07, 6.45) is 1.65. The van der Waals surface area contributed by atoms with Gasteiger partial charge in [0, 0.05) is 54.1 Å². The first-order valence-electron chi connectivity index (χ1n) is 11.0. The van der Waals surface area contributed by atoms with E-state index in [1.54, 1.807) is 32.4 Å². The Hall–Kier alpha value is -2.82. The number of halogens is 2. The molecule has 0 saturated carbocycles. The van der Waals surface area contributed by atoms with Crippen molar-refractivity contribution in [2.24, 2.45) is 0 Å². The lowest BCUT2D eigenvalue weighted by Gasteiger charge is -2.45. The Balaban J connectivity index is 1.62. The molecule has 0 aliphatic carbocycles. The average molecular weight is 497 g/mol. The molecule has 2 heterocycles. The SMILES string of the molecule is COc1ccc([C@](C)(O)CN2CCN(c3ccc(Cl)cc3C#N)[C@H](c3ccc(Cl)cc3)C2)cn1. The van der Waals surface area contributed by atoms with Gasteiger partial charge in [-0.3, -0.25) is 4.90 Å². The molecule has 0 unspecified atom stereocenters. The van der Waals surface area contributed by atoms with Crippen molar-refractivity contribution in [3.63, 3.8) is 0 Å². The van der Waals surface area contributed by atoms with Crippen molar-refractivity contribution in [1.29, 1.82) is 5.26 Å². The number of β-amino-alcohol motifs (C(OH)–C–C–N with tert-alkyl or cyclic N) is 1. The summed E-state index contributed by atoms with van der Waals surface area (Å²) in [5, 5.41) is 22.2. The van der Waals surface area contributed by atoms with Crippen LogP contribution in [-0.4, -0.2) is 48.3 Å². The van der Waals surface area contributed by atoms with Crippen molar-refractivity contribution in [2.75, 3.05) is 38.2 Å². The van der Waals surface area contributed by atoms with Gasteiger partial charge in [-0.15, -0.1) is 0 Å². The maximum atomic E-state index is 11.3. The van der Waals surface area contributed by atoms with E-state index in [9.17, 15) is 10.4 Å². The average Bonchev–Trinajstić information content (AvgIpc) is 2.84. The molecule has 0 radical (unpaired) electrons. The molecular weight excluding hydrogens is 471 g/mol. The first kappa shape index (κ1) is 24.3. The molecule has 176 valence electrons. The molecule has 1 aromatic heterocycles. The molecule has 0 spiro atoms. The summed E-state index contributed by atoms with van der Waals surface area (Å²) >= 11 is 12.3. The number of methoxy groups -OCH3 is 1. The molecule has 2 aromatic carbocycles. The first-order valence-corrected chi connectivity index (χ1v) is 11.7. The Bertz CT molecular complexity index is 1180. The van der Waals surface area contributed by atoms with Gasteiger partial charge in [0.25, 0.3) is 0 Å². The van der Waals surface area contributed by atoms with E-state index in [1.165, 1.54) is 0 Å². The number of piperazine rings is 1.